The Balaban J connectivity index is 2.30. The Labute approximate surface area is 114 Å². The van der Waals surface area contributed by atoms with Gasteiger partial charge < -0.3 is 16.2 Å². The summed E-state index contributed by atoms with van der Waals surface area (Å²) in [5.74, 6) is 0.0877. The number of nitrogens with two attached hydrogens (primary N) is 1. The predicted molar refractivity (Wildman–Crippen MR) is 74.6 cm³/mol. The fourth-order valence-electron chi connectivity index (χ4n) is 1.74. The van der Waals surface area contributed by atoms with Gasteiger partial charge in [-0.15, -0.1) is 5.10 Å². The second-order valence-electron chi connectivity index (χ2n) is 4.36. The van der Waals surface area contributed by atoms with Crippen LogP contribution in [0.3, 0.4) is 0 Å². The van der Waals surface area contributed by atoms with Gasteiger partial charge in [0.1, 0.15) is 5.75 Å². The molecule has 0 unspecified atom stereocenters. The van der Waals surface area contributed by atoms with Gasteiger partial charge in [0.05, 0.1) is 0 Å². The first kappa shape index (κ1) is 13.7. The summed E-state index contributed by atoms with van der Waals surface area (Å²) < 4.78 is 2.01. The molecule has 0 saturated heterocycles. The highest BCUT2D eigenvalue weighted by atomic mass is 16.3. The summed E-state index contributed by atoms with van der Waals surface area (Å²) in [5.41, 5.74) is 5.62. The summed E-state index contributed by atoms with van der Waals surface area (Å²) in [5, 5.41) is 16.3. The SMILES string of the molecule is Cn1nc(NCc2cc(N)ccc2O)c(=O)n(C)c1=O. The minimum atomic E-state index is -0.531. The van der Waals surface area contributed by atoms with Gasteiger partial charge in [0.15, 0.2) is 0 Å². The average molecular weight is 277 g/mol. The predicted octanol–water partition coefficient (Wildman–Crippen LogP) is -0.621. The van der Waals surface area contributed by atoms with Crippen LogP contribution >= 0.6 is 0 Å². The lowest BCUT2D eigenvalue weighted by molar-refractivity contribution is 0.469. The Bertz CT molecular complexity index is 763. The summed E-state index contributed by atoms with van der Waals surface area (Å²) in [6, 6.07) is 4.63. The number of phenols is 1. The molecule has 1 aromatic carbocycles. The fraction of sp³-hybridized carbons (Fsp3) is 0.250. The monoisotopic (exact) mass is 277 g/mol. The van der Waals surface area contributed by atoms with E-state index in [4.69, 9.17) is 5.73 Å². The highest BCUT2D eigenvalue weighted by Crippen LogP contribution is 2.20. The van der Waals surface area contributed by atoms with Gasteiger partial charge in [0.2, 0.25) is 5.82 Å². The molecule has 8 nitrogen and oxygen atoms in total. The van der Waals surface area contributed by atoms with E-state index in [-0.39, 0.29) is 18.1 Å². The molecule has 1 aromatic heterocycles. The topological polar surface area (TPSA) is 115 Å². The Morgan fingerprint density at radius 3 is 2.75 bits per heavy atom. The fourth-order valence-corrected chi connectivity index (χ4v) is 1.74. The molecule has 4 N–H and O–H groups in total. The lowest BCUT2D eigenvalue weighted by Gasteiger charge is -2.09. The smallest absolute Gasteiger partial charge is 0.346 e. The third-order valence-corrected chi connectivity index (χ3v) is 2.87. The van der Waals surface area contributed by atoms with Crippen LogP contribution in [0.5, 0.6) is 5.75 Å². The first-order valence-corrected chi connectivity index (χ1v) is 5.85. The maximum atomic E-state index is 11.9. The molecule has 0 radical (unpaired) electrons. The van der Waals surface area contributed by atoms with Gasteiger partial charge in [-0.05, 0) is 18.2 Å². The molecular formula is C12H15N5O3. The number of hydrogen-bond acceptors (Lipinski definition) is 6. The van der Waals surface area contributed by atoms with E-state index in [9.17, 15) is 14.7 Å². The van der Waals surface area contributed by atoms with E-state index in [1.165, 1.54) is 20.2 Å². The minimum absolute atomic E-state index is 0.0245. The molecule has 0 aliphatic heterocycles. The molecule has 106 valence electrons. The van der Waals surface area contributed by atoms with Gasteiger partial charge in [0, 0.05) is 31.9 Å². The molecule has 0 atom stereocenters. The molecule has 0 aliphatic rings. The third kappa shape index (κ3) is 2.48. The van der Waals surface area contributed by atoms with Crippen molar-refractivity contribution in [1.82, 2.24) is 14.3 Å². The van der Waals surface area contributed by atoms with Crippen LogP contribution in [0.1, 0.15) is 5.56 Å². The number of nitrogens with zero attached hydrogens (tertiary/aromatic N) is 3. The van der Waals surface area contributed by atoms with Crippen molar-refractivity contribution < 1.29 is 5.11 Å². The molecule has 0 amide bonds. The number of aromatic nitrogens is 3. The highest BCUT2D eigenvalue weighted by molar-refractivity contribution is 5.48. The standard InChI is InChI=1S/C12H15N5O3/c1-16-11(19)10(15-17(2)12(16)20)14-6-7-5-8(13)3-4-9(7)18/h3-5,18H,6,13H2,1-2H3,(H,14,15). The van der Waals surface area contributed by atoms with E-state index in [1.54, 1.807) is 12.1 Å². The van der Waals surface area contributed by atoms with Gasteiger partial charge in [0.25, 0.3) is 5.56 Å². The number of hydrogen-bond donors (Lipinski definition) is 3. The molecule has 20 heavy (non-hydrogen) atoms. The van der Waals surface area contributed by atoms with E-state index >= 15 is 0 Å². The maximum Gasteiger partial charge on any atom is 0.346 e. The van der Waals surface area contributed by atoms with E-state index < -0.39 is 11.2 Å². The highest BCUT2D eigenvalue weighted by Gasteiger charge is 2.09. The van der Waals surface area contributed by atoms with Crippen LogP contribution in [-0.2, 0) is 20.6 Å². The number of phenolic OH excluding ortho intramolecular Hbond substituents is 1. The second-order valence-corrected chi connectivity index (χ2v) is 4.36. The molecule has 0 spiro atoms. The van der Waals surface area contributed by atoms with Crippen molar-refractivity contribution in [1.29, 1.82) is 0 Å². The number of aromatic hydroxyl groups is 1. The Morgan fingerprint density at radius 2 is 2.05 bits per heavy atom. The lowest BCUT2D eigenvalue weighted by Crippen LogP contribution is -2.39. The summed E-state index contributed by atoms with van der Waals surface area (Å²) in [4.78, 5) is 23.3. The number of anilines is 2. The number of nitrogens with one attached hydrogen (secondary N) is 1. The maximum absolute atomic E-state index is 11.9. The molecule has 8 heteroatoms. The van der Waals surface area contributed by atoms with Crippen LogP contribution in [0, 0.1) is 0 Å². The van der Waals surface area contributed by atoms with Crippen molar-refractivity contribution in [2.75, 3.05) is 11.1 Å². The Hall–Kier alpha value is -2.77. The summed E-state index contributed by atoms with van der Waals surface area (Å²) in [7, 11) is 2.82. The summed E-state index contributed by atoms with van der Waals surface area (Å²) >= 11 is 0. The largest absolute Gasteiger partial charge is 0.508 e. The van der Waals surface area contributed by atoms with E-state index in [0.29, 0.717) is 11.3 Å². The average Bonchev–Trinajstić information content (AvgIpc) is 2.42. The van der Waals surface area contributed by atoms with Crippen LogP contribution < -0.4 is 22.3 Å². The van der Waals surface area contributed by atoms with Crippen LogP contribution in [0.2, 0.25) is 0 Å². The van der Waals surface area contributed by atoms with Crippen LogP contribution in [0.25, 0.3) is 0 Å². The van der Waals surface area contributed by atoms with Crippen molar-refractivity contribution in [3.05, 3.63) is 44.6 Å². The van der Waals surface area contributed by atoms with Crippen molar-refractivity contribution in [3.8, 4) is 5.75 Å². The van der Waals surface area contributed by atoms with Crippen molar-refractivity contribution >= 4 is 11.5 Å². The zero-order valence-electron chi connectivity index (χ0n) is 11.1. The normalized spacial score (nSPS) is 10.5. The molecule has 1 heterocycles. The first-order chi connectivity index (χ1) is 9.40. The molecule has 0 saturated carbocycles. The second kappa shape index (κ2) is 5.08. The van der Waals surface area contributed by atoms with Crippen LogP contribution in [-0.4, -0.2) is 19.5 Å². The quantitative estimate of drug-likeness (QED) is 0.508. The minimum Gasteiger partial charge on any atom is -0.508 e. The first-order valence-electron chi connectivity index (χ1n) is 5.85. The molecule has 2 aromatic rings. The molecule has 0 fully saturated rings. The third-order valence-electron chi connectivity index (χ3n) is 2.87. The van der Waals surface area contributed by atoms with Gasteiger partial charge in [-0.2, -0.15) is 0 Å². The number of benzene rings is 1. The zero-order chi connectivity index (χ0) is 14.9. The van der Waals surface area contributed by atoms with Crippen molar-refractivity contribution in [3.63, 3.8) is 0 Å². The van der Waals surface area contributed by atoms with Crippen LogP contribution in [0.15, 0.2) is 27.8 Å². The van der Waals surface area contributed by atoms with E-state index in [0.717, 1.165) is 9.25 Å². The molecular weight excluding hydrogens is 262 g/mol. The lowest BCUT2D eigenvalue weighted by atomic mass is 10.2. The molecule has 2 rings (SSSR count). The van der Waals surface area contributed by atoms with Gasteiger partial charge in [-0.3, -0.25) is 9.36 Å². The molecule has 0 bridgehead atoms. The number of aryl methyl sites for hydroxylation is 1. The zero-order valence-corrected chi connectivity index (χ0v) is 11.1. The van der Waals surface area contributed by atoms with Crippen molar-refractivity contribution in [2.45, 2.75) is 6.54 Å². The van der Waals surface area contributed by atoms with Gasteiger partial charge in [-0.25, -0.2) is 9.48 Å². The number of nitrogen functional groups attached to an aromatic ring is 1. The van der Waals surface area contributed by atoms with Crippen LogP contribution in [0.4, 0.5) is 11.5 Å². The summed E-state index contributed by atoms with van der Waals surface area (Å²) in [6.45, 7) is 0.164. The Morgan fingerprint density at radius 1 is 1.35 bits per heavy atom. The molecule has 0 aliphatic carbocycles. The number of rotatable bonds is 3. The van der Waals surface area contributed by atoms with E-state index in [1.807, 2.05) is 0 Å². The van der Waals surface area contributed by atoms with Crippen molar-refractivity contribution in [2.24, 2.45) is 14.1 Å². The Kier molecular flexibility index (Phi) is 3.47. The van der Waals surface area contributed by atoms with Gasteiger partial charge in [-0.1, -0.05) is 0 Å². The van der Waals surface area contributed by atoms with E-state index in [2.05, 4.69) is 10.4 Å². The summed E-state index contributed by atoms with van der Waals surface area (Å²) in [6.07, 6.45) is 0. The van der Waals surface area contributed by atoms with Gasteiger partial charge >= 0.3 is 5.69 Å².